The molecule has 2 heterocycles. The SMILES string of the molecule is Cc1nn(CCC#N)c(C)c1CCC(=O)N1CCN(Cc2ccc(C(F)(F)F)cc2)CC1. The van der Waals surface area contributed by atoms with E-state index in [0.29, 0.717) is 58.5 Å². The Bertz CT molecular complexity index is 967. The van der Waals surface area contributed by atoms with E-state index < -0.39 is 11.7 Å². The lowest BCUT2D eigenvalue weighted by molar-refractivity contribution is -0.137. The zero-order valence-corrected chi connectivity index (χ0v) is 18.5. The van der Waals surface area contributed by atoms with Gasteiger partial charge in [-0.25, -0.2) is 0 Å². The van der Waals surface area contributed by atoms with Gasteiger partial charge in [0.1, 0.15) is 0 Å². The number of hydrogen-bond acceptors (Lipinski definition) is 4. The van der Waals surface area contributed by atoms with Crippen LogP contribution in [-0.2, 0) is 30.5 Å². The van der Waals surface area contributed by atoms with Gasteiger partial charge in [0.2, 0.25) is 5.91 Å². The Kier molecular flexibility index (Phi) is 7.56. The molecule has 32 heavy (non-hydrogen) atoms. The Morgan fingerprint density at radius 3 is 2.38 bits per heavy atom. The first-order valence-electron chi connectivity index (χ1n) is 10.7. The fourth-order valence-electron chi connectivity index (χ4n) is 4.07. The average molecular weight is 448 g/mol. The number of benzene rings is 1. The Balaban J connectivity index is 1.47. The van der Waals surface area contributed by atoms with Crippen LogP contribution in [0.25, 0.3) is 0 Å². The Morgan fingerprint density at radius 1 is 1.12 bits per heavy atom. The van der Waals surface area contributed by atoms with Gasteiger partial charge in [0.05, 0.1) is 30.3 Å². The maximum Gasteiger partial charge on any atom is 0.416 e. The number of carbonyl (C=O) groups excluding carboxylic acids is 1. The number of aryl methyl sites for hydroxylation is 2. The maximum absolute atomic E-state index is 12.7. The van der Waals surface area contributed by atoms with Crippen LogP contribution in [0.5, 0.6) is 0 Å². The molecule has 1 aliphatic heterocycles. The summed E-state index contributed by atoms with van der Waals surface area (Å²) in [6.45, 7) is 7.62. The van der Waals surface area contributed by atoms with Gasteiger partial charge in [0.25, 0.3) is 0 Å². The topological polar surface area (TPSA) is 65.2 Å². The quantitative estimate of drug-likeness (QED) is 0.649. The van der Waals surface area contributed by atoms with Crippen molar-refractivity contribution in [1.82, 2.24) is 19.6 Å². The van der Waals surface area contributed by atoms with E-state index in [-0.39, 0.29) is 5.91 Å². The number of nitriles is 1. The van der Waals surface area contributed by atoms with E-state index in [1.807, 2.05) is 23.4 Å². The second-order valence-corrected chi connectivity index (χ2v) is 8.13. The van der Waals surface area contributed by atoms with Crippen molar-refractivity contribution in [3.63, 3.8) is 0 Å². The van der Waals surface area contributed by atoms with Gasteiger partial charge in [-0.05, 0) is 43.5 Å². The van der Waals surface area contributed by atoms with E-state index in [1.54, 1.807) is 0 Å². The third-order valence-electron chi connectivity index (χ3n) is 5.97. The van der Waals surface area contributed by atoms with Crippen LogP contribution < -0.4 is 0 Å². The molecule has 0 saturated carbocycles. The minimum atomic E-state index is -4.32. The number of carbonyl (C=O) groups is 1. The van der Waals surface area contributed by atoms with Gasteiger partial charge in [-0.2, -0.15) is 23.5 Å². The number of halogens is 3. The highest BCUT2D eigenvalue weighted by atomic mass is 19.4. The van der Waals surface area contributed by atoms with Gasteiger partial charge in [-0.15, -0.1) is 0 Å². The molecule has 1 aromatic carbocycles. The van der Waals surface area contributed by atoms with Crippen molar-refractivity contribution in [3.05, 3.63) is 52.3 Å². The Morgan fingerprint density at radius 2 is 1.78 bits per heavy atom. The van der Waals surface area contributed by atoms with Gasteiger partial charge < -0.3 is 4.90 Å². The molecular weight excluding hydrogens is 419 g/mol. The maximum atomic E-state index is 12.7. The van der Waals surface area contributed by atoms with Gasteiger partial charge in [-0.3, -0.25) is 14.4 Å². The number of amides is 1. The van der Waals surface area contributed by atoms with E-state index in [4.69, 9.17) is 5.26 Å². The van der Waals surface area contributed by atoms with Crippen molar-refractivity contribution in [2.24, 2.45) is 0 Å². The molecule has 0 unspecified atom stereocenters. The second kappa shape index (κ2) is 10.2. The third kappa shape index (κ3) is 5.88. The van der Waals surface area contributed by atoms with E-state index >= 15 is 0 Å². The Labute approximate surface area is 186 Å². The molecular formula is C23H28F3N5O. The fourth-order valence-corrected chi connectivity index (χ4v) is 4.07. The smallest absolute Gasteiger partial charge is 0.340 e. The van der Waals surface area contributed by atoms with Crippen molar-refractivity contribution in [2.75, 3.05) is 26.2 Å². The number of piperazine rings is 1. The van der Waals surface area contributed by atoms with Crippen molar-refractivity contribution in [3.8, 4) is 6.07 Å². The molecule has 1 aromatic heterocycles. The summed E-state index contributed by atoms with van der Waals surface area (Å²) >= 11 is 0. The molecule has 0 radical (unpaired) electrons. The highest BCUT2D eigenvalue weighted by Gasteiger charge is 2.30. The summed E-state index contributed by atoms with van der Waals surface area (Å²) in [6.07, 6.45) is -2.90. The van der Waals surface area contributed by atoms with Crippen LogP contribution >= 0.6 is 0 Å². The number of alkyl halides is 3. The highest BCUT2D eigenvalue weighted by Crippen LogP contribution is 2.29. The lowest BCUT2D eigenvalue weighted by Crippen LogP contribution is -2.48. The molecule has 6 nitrogen and oxygen atoms in total. The highest BCUT2D eigenvalue weighted by molar-refractivity contribution is 5.76. The second-order valence-electron chi connectivity index (χ2n) is 8.13. The minimum absolute atomic E-state index is 0.0998. The molecule has 0 N–H and O–H groups in total. The lowest BCUT2D eigenvalue weighted by Gasteiger charge is -2.35. The van der Waals surface area contributed by atoms with Crippen LogP contribution in [0.1, 0.15) is 40.9 Å². The van der Waals surface area contributed by atoms with Crippen LogP contribution in [0, 0.1) is 25.2 Å². The lowest BCUT2D eigenvalue weighted by atomic mass is 10.1. The third-order valence-corrected chi connectivity index (χ3v) is 5.97. The van der Waals surface area contributed by atoms with Crippen molar-refractivity contribution in [1.29, 1.82) is 5.26 Å². The molecule has 1 aliphatic rings. The van der Waals surface area contributed by atoms with E-state index in [9.17, 15) is 18.0 Å². The predicted molar refractivity (Wildman–Crippen MR) is 114 cm³/mol. The number of hydrogen-bond donors (Lipinski definition) is 0. The van der Waals surface area contributed by atoms with Crippen LogP contribution in [0.3, 0.4) is 0 Å². The first-order valence-corrected chi connectivity index (χ1v) is 10.7. The Hall–Kier alpha value is -2.86. The largest absolute Gasteiger partial charge is 0.416 e. The fraction of sp³-hybridized carbons (Fsp3) is 0.522. The first kappa shape index (κ1) is 23.8. The van der Waals surface area contributed by atoms with Crippen LogP contribution in [-0.4, -0.2) is 51.7 Å². The molecule has 2 aromatic rings. The average Bonchev–Trinajstić information content (AvgIpc) is 3.03. The van der Waals surface area contributed by atoms with Crippen molar-refractivity contribution >= 4 is 5.91 Å². The molecule has 9 heteroatoms. The molecule has 1 fully saturated rings. The summed E-state index contributed by atoms with van der Waals surface area (Å²) < 4.78 is 39.9. The van der Waals surface area contributed by atoms with Gasteiger partial charge in [0, 0.05) is 44.8 Å². The van der Waals surface area contributed by atoms with Gasteiger partial charge in [-0.1, -0.05) is 12.1 Å². The zero-order valence-electron chi connectivity index (χ0n) is 18.5. The molecule has 1 amide bonds. The van der Waals surface area contributed by atoms with E-state index in [2.05, 4.69) is 16.1 Å². The molecule has 3 rings (SSSR count). The van der Waals surface area contributed by atoms with E-state index in [0.717, 1.165) is 34.6 Å². The number of nitrogens with zero attached hydrogens (tertiary/aromatic N) is 5. The molecule has 0 bridgehead atoms. The summed E-state index contributed by atoms with van der Waals surface area (Å²) in [5.74, 6) is 0.0998. The monoisotopic (exact) mass is 447 g/mol. The number of rotatable bonds is 7. The molecule has 0 spiro atoms. The van der Waals surface area contributed by atoms with Crippen molar-refractivity contribution in [2.45, 2.75) is 52.4 Å². The summed E-state index contributed by atoms with van der Waals surface area (Å²) in [7, 11) is 0. The van der Waals surface area contributed by atoms with E-state index in [1.165, 1.54) is 12.1 Å². The standard InChI is InChI=1S/C23H28F3N5O/c1-17-21(18(2)31(28-17)11-3-10-27)8-9-22(32)30-14-12-29(13-15-30)16-19-4-6-20(7-5-19)23(24,25)26/h4-7H,3,8-9,11-16H2,1-2H3. The van der Waals surface area contributed by atoms with Crippen LogP contribution in [0.2, 0.25) is 0 Å². The summed E-state index contributed by atoms with van der Waals surface area (Å²) in [5, 5.41) is 13.2. The van der Waals surface area contributed by atoms with Crippen LogP contribution in [0.15, 0.2) is 24.3 Å². The summed E-state index contributed by atoms with van der Waals surface area (Å²) in [5.41, 5.74) is 3.16. The normalized spacial score (nSPS) is 15.1. The van der Waals surface area contributed by atoms with Gasteiger partial charge >= 0.3 is 6.18 Å². The minimum Gasteiger partial charge on any atom is -0.340 e. The summed E-state index contributed by atoms with van der Waals surface area (Å²) in [4.78, 5) is 16.7. The predicted octanol–water partition coefficient (Wildman–Crippen LogP) is 3.71. The zero-order chi connectivity index (χ0) is 23.3. The van der Waals surface area contributed by atoms with Crippen LogP contribution in [0.4, 0.5) is 13.2 Å². The number of aromatic nitrogens is 2. The molecule has 0 atom stereocenters. The first-order chi connectivity index (χ1) is 15.2. The molecule has 1 saturated heterocycles. The van der Waals surface area contributed by atoms with Gasteiger partial charge in [0.15, 0.2) is 0 Å². The molecule has 0 aliphatic carbocycles. The summed E-state index contributed by atoms with van der Waals surface area (Å²) in [6, 6.07) is 7.38. The molecule has 172 valence electrons. The van der Waals surface area contributed by atoms with Crippen molar-refractivity contribution < 1.29 is 18.0 Å².